The molecule has 0 radical (unpaired) electrons. The Balaban J connectivity index is 1.92. The summed E-state index contributed by atoms with van der Waals surface area (Å²) >= 11 is 6.35. The molecule has 1 N–H and O–H groups in total. The number of rotatable bonds is 4. The molecule has 7 nitrogen and oxygen atoms in total. The van der Waals surface area contributed by atoms with Crippen LogP contribution in [0.25, 0.3) is 5.69 Å². The van der Waals surface area contributed by atoms with Gasteiger partial charge >= 0.3 is 5.97 Å². The van der Waals surface area contributed by atoms with Crippen LogP contribution in [0.2, 0.25) is 5.02 Å². The normalized spacial score (nSPS) is 17.4. The van der Waals surface area contributed by atoms with Gasteiger partial charge in [0.1, 0.15) is 5.75 Å². The topological polar surface area (TPSA) is 81.0 Å². The molecule has 8 heteroatoms. The molecule has 2 heterocycles. The molecule has 2 aromatic rings. The SMILES string of the molecule is COc1cc(-n2cccc2)c(Cl)cc1C(=O)N1CCOC(C(=O)O)C1. The van der Waals surface area contributed by atoms with Crippen LogP contribution in [-0.4, -0.2) is 59.4 Å². The number of carbonyl (C=O) groups excluding carboxylic acids is 1. The molecule has 1 aliphatic heterocycles. The van der Waals surface area contributed by atoms with Crippen LogP contribution >= 0.6 is 11.6 Å². The van der Waals surface area contributed by atoms with Crippen molar-refractivity contribution in [3.8, 4) is 11.4 Å². The number of aliphatic carboxylic acids is 1. The zero-order valence-electron chi connectivity index (χ0n) is 13.5. The van der Waals surface area contributed by atoms with Crippen LogP contribution in [0.5, 0.6) is 5.75 Å². The fourth-order valence-corrected chi connectivity index (χ4v) is 2.99. The Kier molecular flexibility index (Phi) is 4.96. The van der Waals surface area contributed by atoms with Gasteiger partial charge in [0.25, 0.3) is 5.91 Å². The lowest BCUT2D eigenvalue weighted by atomic mass is 10.1. The number of benzene rings is 1. The van der Waals surface area contributed by atoms with Crippen molar-refractivity contribution < 1.29 is 24.2 Å². The average Bonchev–Trinajstić information content (AvgIpc) is 3.15. The number of morpholine rings is 1. The molecular weight excluding hydrogens is 348 g/mol. The Morgan fingerprint density at radius 1 is 1.32 bits per heavy atom. The second-order valence-corrected chi connectivity index (χ2v) is 5.95. The summed E-state index contributed by atoms with van der Waals surface area (Å²) in [7, 11) is 1.47. The highest BCUT2D eigenvalue weighted by Gasteiger charge is 2.31. The van der Waals surface area contributed by atoms with Gasteiger partial charge in [0.05, 0.1) is 36.5 Å². The summed E-state index contributed by atoms with van der Waals surface area (Å²) in [5.74, 6) is -1.06. The summed E-state index contributed by atoms with van der Waals surface area (Å²) in [6, 6.07) is 6.96. The maximum atomic E-state index is 12.8. The van der Waals surface area contributed by atoms with Crippen molar-refractivity contribution in [1.82, 2.24) is 9.47 Å². The van der Waals surface area contributed by atoms with Gasteiger partial charge in [-0.2, -0.15) is 0 Å². The van der Waals surface area contributed by atoms with Crippen LogP contribution in [0.4, 0.5) is 0 Å². The van der Waals surface area contributed by atoms with E-state index >= 15 is 0 Å². The van der Waals surface area contributed by atoms with Crippen LogP contribution in [0.15, 0.2) is 36.7 Å². The van der Waals surface area contributed by atoms with Crippen LogP contribution < -0.4 is 4.74 Å². The molecule has 1 atom stereocenters. The number of carboxylic acids is 1. The number of amides is 1. The van der Waals surface area contributed by atoms with Crippen molar-refractivity contribution in [1.29, 1.82) is 0 Å². The standard InChI is InChI=1S/C17H17ClN2O5/c1-24-14-9-13(19-4-2-3-5-19)12(18)8-11(14)16(21)20-6-7-25-15(10-20)17(22)23/h2-5,8-9,15H,6-7,10H2,1H3,(H,22,23). The van der Waals surface area contributed by atoms with E-state index in [1.165, 1.54) is 12.0 Å². The Hall–Kier alpha value is -2.51. The van der Waals surface area contributed by atoms with E-state index in [-0.39, 0.29) is 24.6 Å². The molecule has 0 spiro atoms. The second kappa shape index (κ2) is 7.16. The van der Waals surface area contributed by atoms with Crippen molar-refractivity contribution in [2.75, 3.05) is 26.8 Å². The van der Waals surface area contributed by atoms with E-state index in [9.17, 15) is 9.59 Å². The van der Waals surface area contributed by atoms with E-state index < -0.39 is 12.1 Å². The zero-order valence-corrected chi connectivity index (χ0v) is 14.3. The molecule has 0 bridgehead atoms. The number of carbonyl (C=O) groups is 2. The van der Waals surface area contributed by atoms with Crippen molar-refractivity contribution in [3.63, 3.8) is 0 Å². The molecular formula is C17H17ClN2O5. The maximum Gasteiger partial charge on any atom is 0.334 e. The number of halogens is 1. The van der Waals surface area contributed by atoms with Gasteiger partial charge < -0.3 is 24.0 Å². The van der Waals surface area contributed by atoms with Crippen LogP contribution in [-0.2, 0) is 9.53 Å². The van der Waals surface area contributed by atoms with Gasteiger partial charge in [-0.15, -0.1) is 0 Å². The number of ether oxygens (including phenoxy) is 2. The minimum Gasteiger partial charge on any atom is -0.496 e. The first-order valence-corrected chi connectivity index (χ1v) is 8.03. The zero-order chi connectivity index (χ0) is 18.0. The molecule has 1 aromatic heterocycles. The maximum absolute atomic E-state index is 12.8. The van der Waals surface area contributed by atoms with Crippen molar-refractivity contribution in [3.05, 3.63) is 47.2 Å². The first kappa shape index (κ1) is 17.3. The third-order valence-corrected chi connectivity index (χ3v) is 4.31. The van der Waals surface area contributed by atoms with E-state index in [1.807, 2.05) is 29.1 Å². The smallest absolute Gasteiger partial charge is 0.334 e. The molecule has 1 amide bonds. The lowest BCUT2D eigenvalue weighted by molar-refractivity contribution is -0.154. The highest BCUT2D eigenvalue weighted by atomic mass is 35.5. The van der Waals surface area contributed by atoms with Gasteiger partial charge in [-0.3, -0.25) is 4.79 Å². The fourth-order valence-electron chi connectivity index (χ4n) is 2.73. The molecule has 0 aliphatic carbocycles. The van der Waals surface area contributed by atoms with Gasteiger partial charge in [0.15, 0.2) is 6.10 Å². The number of nitrogens with zero attached hydrogens (tertiary/aromatic N) is 2. The summed E-state index contributed by atoms with van der Waals surface area (Å²) in [5.41, 5.74) is 0.972. The summed E-state index contributed by atoms with van der Waals surface area (Å²) in [6.07, 6.45) is 2.64. The predicted molar refractivity (Wildman–Crippen MR) is 90.6 cm³/mol. The van der Waals surface area contributed by atoms with E-state index in [0.717, 1.165) is 0 Å². The van der Waals surface area contributed by atoms with E-state index in [1.54, 1.807) is 12.1 Å². The quantitative estimate of drug-likeness (QED) is 0.898. The van der Waals surface area contributed by atoms with E-state index in [2.05, 4.69) is 0 Å². The highest BCUT2D eigenvalue weighted by molar-refractivity contribution is 6.33. The number of hydrogen-bond acceptors (Lipinski definition) is 4. The molecule has 1 aromatic carbocycles. The van der Waals surface area contributed by atoms with Crippen molar-refractivity contribution >= 4 is 23.5 Å². The summed E-state index contributed by atoms with van der Waals surface area (Å²) in [5, 5.41) is 9.48. The van der Waals surface area contributed by atoms with E-state index in [0.29, 0.717) is 23.0 Å². The molecule has 1 unspecified atom stereocenters. The molecule has 1 aliphatic rings. The Morgan fingerprint density at radius 3 is 2.68 bits per heavy atom. The van der Waals surface area contributed by atoms with Gasteiger partial charge in [0.2, 0.25) is 0 Å². The molecule has 132 valence electrons. The Labute approximate surface area is 149 Å². The number of methoxy groups -OCH3 is 1. The predicted octanol–water partition coefficient (Wildman–Crippen LogP) is 2.06. The monoisotopic (exact) mass is 364 g/mol. The van der Waals surface area contributed by atoms with Gasteiger partial charge in [-0.05, 0) is 18.2 Å². The molecule has 1 fully saturated rings. The summed E-state index contributed by atoms with van der Waals surface area (Å²) < 4.78 is 12.3. The summed E-state index contributed by atoms with van der Waals surface area (Å²) in [4.78, 5) is 25.4. The Bertz CT molecular complexity index is 791. The first-order valence-electron chi connectivity index (χ1n) is 7.66. The lowest BCUT2D eigenvalue weighted by Gasteiger charge is -2.31. The summed E-state index contributed by atoms with van der Waals surface area (Å²) in [6.45, 7) is 0.456. The molecule has 25 heavy (non-hydrogen) atoms. The van der Waals surface area contributed by atoms with Crippen LogP contribution in [0.1, 0.15) is 10.4 Å². The van der Waals surface area contributed by atoms with Crippen molar-refractivity contribution in [2.24, 2.45) is 0 Å². The number of carboxylic acid groups (broad SMARTS) is 1. The fraction of sp³-hybridized carbons (Fsp3) is 0.294. The highest BCUT2D eigenvalue weighted by Crippen LogP contribution is 2.31. The lowest BCUT2D eigenvalue weighted by Crippen LogP contribution is -2.48. The van der Waals surface area contributed by atoms with Crippen LogP contribution in [0.3, 0.4) is 0 Å². The third kappa shape index (κ3) is 3.47. The van der Waals surface area contributed by atoms with Gasteiger partial charge in [-0.25, -0.2) is 4.79 Å². The molecule has 1 saturated heterocycles. The second-order valence-electron chi connectivity index (χ2n) is 5.54. The van der Waals surface area contributed by atoms with Gasteiger partial charge in [-0.1, -0.05) is 11.6 Å². The average molecular weight is 365 g/mol. The van der Waals surface area contributed by atoms with Crippen LogP contribution in [0, 0.1) is 0 Å². The Morgan fingerprint density at radius 2 is 2.04 bits per heavy atom. The van der Waals surface area contributed by atoms with Crippen molar-refractivity contribution in [2.45, 2.75) is 6.10 Å². The minimum atomic E-state index is -1.09. The third-order valence-electron chi connectivity index (χ3n) is 4.01. The number of aromatic nitrogens is 1. The largest absolute Gasteiger partial charge is 0.496 e. The van der Waals surface area contributed by atoms with E-state index in [4.69, 9.17) is 26.2 Å². The number of hydrogen-bond donors (Lipinski definition) is 1. The van der Waals surface area contributed by atoms with Gasteiger partial charge in [0, 0.05) is 25.0 Å². The minimum absolute atomic E-state index is 0.0196. The first-order chi connectivity index (χ1) is 12.0. The molecule has 3 rings (SSSR count). The molecule has 0 saturated carbocycles.